The average molecular weight is 649 g/mol. The molecule has 0 radical (unpaired) electrons. The minimum atomic E-state index is -1.05. The molecule has 0 spiro atoms. The van der Waals surface area contributed by atoms with Crippen molar-refractivity contribution < 1.29 is 33.0 Å². The Bertz CT molecular complexity index is 1490. The SMILES string of the molecule is CCCN(CCC)C(=O)c1cc(C)cc(C(=O)CC(Cc2cc(F)cc(F)c2)[C@H](O)C2CCCN(C(=O)OCc3ccccc3)C2)c1. The Kier molecular flexibility index (Phi) is 13.0. The lowest BCUT2D eigenvalue weighted by Gasteiger charge is -2.37. The molecule has 9 heteroatoms. The highest BCUT2D eigenvalue weighted by molar-refractivity contribution is 6.01. The molecule has 2 amide bonds. The molecule has 1 saturated heterocycles. The molecule has 0 saturated carbocycles. The van der Waals surface area contributed by atoms with Crippen molar-refractivity contribution in [3.05, 3.63) is 106 Å². The molecule has 1 aliphatic heterocycles. The van der Waals surface area contributed by atoms with Crippen LogP contribution in [0.1, 0.15) is 83.4 Å². The fourth-order valence-electron chi connectivity index (χ4n) is 6.46. The Morgan fingerprint density at radius 2 is 1.60 bits per heavy atom. The lowest BCUT2D eigenvalue weighted by atomic mass is 9.79. The lowest BCUT2D eigenvalue weighted by Crippen LogP contribution is -2.46. The fourth-order valence-corrected chi connectivity index (χ4v) is 6.46. The van der Waals surface area contributed by atoms with Crippen molar-refractivity contribution >= 4 is 17.8 Å². The number of ketones is 1. The maximum atomic E-state index is 14.2. The van der Waals surface area contributed by atoms with Crippen LogP contribution in [0, 0.1) is 30.4 Å². The Labute approximate surface area is 276 Å². The zero-order valence-electron chi connectivity index (χ0n) is 27.6. The summed E-state index contributed by atoms with van der Waals surface area (Å²) in [4.78, 5) is 43.5. The van der Waals surface area contributed by atoms with Gasteiger partial charge in [0.05, 0.1) is 6.10 Å². The minimum absolute atomic E-state index is 0.0505. The highest BCUT2D eigenvalue weighted by atomic mass is 19.1. The second-order valence-corrected chi connectivity index (χ2v) is 12.6. The fraction of sp³-hybridized carbons (Fsp3) is 0.447. The van der Waals surface area contributed by atoms with E-state index < -0.39 is 29.7 Å². The lowest BCUT2D eigenvalue weighted by molar-refractivity contribution is 0.00617. The molecule has 252 valence electrons. The number of hydrogen-bond donors (Lipinski definition) is 1. The summed E-state index contributed by atoms with van der Waals surface area (Å²) < 4.78 is 33.9. The number of ether oxygens (including phenoxy) is 1. The molecule has 2 unspecified atom stereocenters. The van der Waals surface area contributed by atoms with Crippen LogP contribution in [0.15, 0.2) is 66.7 Å². The number of carbonyl (C=O) groups excluding carboxylic acids is 3. The second-order valence-electron chi connectivity index (χ2n) is 12.6. The van der Waals surface area contributed by atoms with E-state index in [0.717, 1.165) is 30.0 Å². The monoisotopic (exact) mass is 648 g/mol. The van der Waals surface area contributed by atoms with Gasteiger partial charge in [-0.05, 0) is 92.0 Å². The molecule has 3 atom stereocenters. The van der Waals surface area contributed by atoms with Crippen molar-refractivity contribution in [2.24, 2.45) is 11.8 Å². The zero-order valence-corrected chi connectivity index (χ0v) is 27.6. The van der Waals surface area contributed by atoms with Crippen LogP contribution in [0.2, 0.25) is 0 Å². The van der Waals surface area contributed by atoms with E-state index in [9.17, 15) is 28.3 Å². The van der Waals surface area contributed by atoms with Crippen LogP contribution < -0.4 is 0 Å². The summed E-state index contributed by atoms with van der Waals surface area (Å²) in [5.74, 6) is -2.98. The Hall–Kier alpha value is -4.11. The zero-order chi connectivity index (χ0) is 33.9. The van der Waals surface area contributed by atoms with E-state index in [4.69, 9.17) is 4.74 Å². The van der Waals surface area contributed by atoms with Gasteiger partial charge in [0.1, 0.15) is 18.2 Å². The summed E-state index contributed by atoms with van der Waals surface area (Å²) in [6.07, 6.45) is 1.27. The minimum Gasteiger partial charge on any atom is -0.445 e. The highest BCUT2D eigenvalue weighted by Gasteiger charge is 2.35. The third-order valence-corrected chi connectivity index (χ3v) is 8.68. The maximum Gasteiger partial charge on any atom is 0.410 e. The Balaban J connectivity index is 1.54. The smallest absolute Gasteiger partial charge is 0.410 e. The van der Waals surface area contributed by atoms with Crippen molar-refractivity contribution in [2.75, 3.05) is 26.2 Å². The number of aliphatic hydroxyl groups is 1. The van der Waals surface area contributed by atoms with Crippen LogP contribution in [0.5, 0.6) is 0 Å². The quantitative estimate of drug-likeness (QED) is 0.185. The number of carbonyl (C=O) groups is 3. The summed E-state index contributed by atoms with van der Waals surface area (Å²) in [6.45, 7) is 7.90. The summed E-state index contributed by atoms with van der Waals surface area (Å²) in [5, 5.41) is 11.7. The molecule has 0 aliphatic carbocycles. The van der Waals surface area contributed by atoms with Crippen molar-refractivity contribution in [1.29, 1.82) is 0 Å². The molecule has 1 aliphatic rings. The van der Waals surface area contributed by atoms with Crippen molar-refractivity contribution in [3.8, 4) is 0 Å². The first kappa shape index (κ1) is 35.7. The number of aliphatic hydroxyl groups excluding tert-OH is 1. The molecule has 0 bridgehead atoms. The summed E-state index contributed by atoms with van der Waals surface area (Å²) in [6, 6.07) is 17.6. The van der Waals surface area contributed by atoms with Gasteiger partial charge in [-0.25, -0.2) is 13.6 Å². The third-order valence-electron chi connectivity index (χ3n) is 8.68. The number of benzene rings is 3. The van der Waals surface area contributed by atoms with Crippen molar-refractivity contribution in [3.63, 3.8) is 0 Å². The van der Waals surface area contributed by atoms with E-state index in [-0.39, 0.29) is 43.6 Å². The predicted octanol–water partition coefficient (Wildman–Crippen LogP) is 7.38. The molecule has 1 heterocycles. The average Bonchev–Trinajstić information content (AvgIpc) is 3.06. The van der Waals surface area contributed by atoms with Gasteiger partial charge in [0, 0.05) is 55.7 Å². The van der Waals surface area contributed by atoms with Crippen LogP contribution in [-0.2, 0) is 17.8 Å². The molecule has 1 N–H and O–H groups in total. The molecule has 3 aromatic rings. The van der Waals surface area contributed by atoms with Gasteiger partial charge in [-0.1, -0.05) is 44.2 Å². The molecule has 3 aromatic carbocycles. The van der Waals surface area contributed by atoms with Gasteiger partial charge in [-0.2, -0.15) is 0 Å². The molecule has 1 fully saturated rings. The standard InChI is InChI=1S/C38H46F2N2O5/c1-4-13-41(14-5-2)37(45)32-17-26(3)16-30(21-32)35(43)22-31(18-28-19-33(39)23-34(40)20-28)36(44)29-12-9-15-42(24-29)38(46)47-25-27-10-7-6-8-11-27/h6-8,10-11,16-17,19-21,23,29,31,36,44H,4-5,9,12-15,18,22,24-25H2,1-3H3/t29?,31?,36-/m1/s1. The number of Topliss-reactive ketones (excluding diaryl/α,β-unsaturated/α-hetero) is 1. The van der Waals surface area contributed by atoms with Crippen LogP contribution >= 0.6 is 0 Å². The Morgan fingerprint density at radius 1 is 0.936 bits per heavy atom. The predicted molar refractivity (Wildman–Crippen MR) is 177 cm³/mol. The van der Waals surface area contributed by atoms with Crippen molar-refractivity contribution in [1.82, 2.24) is 9.80 Å². The number of likely N-dealkylation sites (tertiary alicyclic amines) is 1. The number of halogens is 2. The molecule has 4 rings (SSSR count). The first-order valence-electron chi connectivity index (χ1n) is 16.6. The number of rotatable bonds is 14. The van der Waals surface area contributed by atoms with E-state index in [1.807, 2.05) is 51.1 Å². The van der Waals surface area contributed by atoms with Gasteiger partial charge in [0.15, 0.2) is 5.78 Å². The highest BCUT2D eigenvalue weighted by Crippen LogP contribution is 2.30. The topological polar surface area (TPSA) is 87.2 Å². The van der Waals surface area contributed by atoms with Crippen LogP contribution in [0.25, 0.3) is 0 Å². The van der Waals surface area contributed by atoms with Gasteiger partial charge in [0.25, 0.3) is 5.91 Å². The number of amides is 2. The summed E-state index contributed by atoms with van der Waals surface area (Å²) >= 11 is 0. The molecule has 7 nitrogen and oxygen atoms in total. The van der Waals surface area contributed by atoms with Gasteiger partial charge < -0.3 is 19.6 Å². The van der Waals surface area contributed by atoms with Gasteiger partial charge in [-0.3, -0.25) is 9.59 Å². The van der Waals surface area contributed by atoms with Crippen LogP contribution in [0.3, 0.4) is 0 Å². The normalized spacial score (nSPS) is 16.0. The number of piperidine rings is 1. The van der Waals surface area contributed by atoms with Crippen LogP contribution in [-0.4, -0.2) is 65.0 Å². The van der Waals surface area contributed by atoms with Gasteiger partial charge in [0.2, 0.25) is 0 Å². The van der Waals surface area contributed by atoms with E-state index >= 15 is 0 Å². The first-order chi connectivity index (χ1) is 22.6. The number of hydrogen-bond acceptors (Lipinski definition) is 5. The Morgan fingerprint density at radius 3 is 2.26 bits per heavy atom. The third kappa shape index (κ3) is 10.2. The summed E-state index contributed by atoms with van der Waals surface area (Å²) in [7, 11) is 0. The maximum absolute atomic E-state index is 14.2. The summed E-state index contributed by atoms with van der Waals surface area (Å²) in [5.41, 5.74) is 2.72. The number of aryl methyl sites for hydroxylation is 1. The number of nitrogens with zero attached hydrogens (tertiary/aromatic N) is 2. The molecule has 0 aromatic heterocycles. The van der Waals surface area contributed by atoms with E-state index in [0.29, 0.717) is 49.2 Å². The molecule has 47 heavy (non-hydrogen) atoms. The van der Waals surface area contributed by atoms with Crippen molar-refractivity contribution in [2.45, 2.75) is 72.0 Å². The van der Waals surface area contributed by atoms with Crippen LogP contribution in [0.4, 0.5) is 13.6 Å². The molecular weight excluding hydrogens is 602 g/mol. The van der Waals surface area contributed by atoms with Gasteiger partial charge in [-0.15, -0.1) is 0 Å². The van der Waals surface area contributed by atoms with E-state index in [1.54, 1.807) is 28.0 Å². The van der Waals surface area contributed by atoms with E-state index in [1.165, 1.54) is 12.1 Å². The molecular formula is C38H46F2N2O5. The van der Waals surface area contributed by atoms with E-state index in [2.05, 4.69) is 0 Å². The second kappa shape index (κ2) is 17.2. The van der Waals surface area contributed by atoms with Gasteiger partial charge >= 0.3 is 6.09 Å². The first-order valence-corrected chi connectivity index (χ1v) is 16.6. The largest absolute Gasteiger partial charge is 0.445 e.